The Labute approximate surface area is 109 Å². The van der Waals surface area contributed by atoms with Crippen LogP contribution in [0, 0.1) is 0 Å². The Bertz CT molecular complexity index is 535. The maximum Gasteiger partial charge on any atom is 0.340 e. The Hall–Kier alpha value is -2.77. The van der Waals surface area contributed by atoms with Crippen LogP contribution in [-0.2, 0) is 4.74 Å². The highest BCUT2D eigenvalue weighted by molar-refractivity contribution is 5.98. The molecule has 0 radical (unpaired) electrons. The van der Waals surface area contributed by atoms with Crippen LogP contribution >= 0.6 is 0 Å². The van der Waals surface area contributed by atoms with Crippen LogP contribution in [0.25, 0.3) is 0 Å². The van der Waals surface area contributed by atoms with Crippen molar-refractivity contribution in [2.45, 2.75) is 0 Å². The Kier molecular flexibility index (Phi) is 4.69. The summed E-state index contributed by atoms with van der Waals surface area (Å²) in [4.78, 5) is 19.1. The topological polar surface area (TPSA) is 138 Å². The van der Waals surface area contributed by atoms with Crippen molar-refractivity contribution in [3.8, 4) is 5.75 Å². The molecule has 0 amide bonds. The summed E-state index contributed by atoms with van der Waals surface area (Å²) in [5.41, 5.74) is 16.3. The molecule has 0 bridgehead atoms. The second-order valence-corrected chi connectivity index (χ2v) is 3.38. The van der Waals surface area contributed by atoms with E-state index in [2.05, 4.69) is 14.7 Å². The monoisotopic (exact) mass is 265 g/mol. The molecule has 1 aromatic rings. The zero-order chi connectivity index (χ0) is 14.4. The van der Waals surface area contributed by atoms with E-state index < -0.39 is 5.97 Å². The van der Waals surface area contributed by atoms with Gasteiger partial charge in [-0.05, 0) is 18.2 Å². The fraction of sp³-hybridized carbons (Fsp3) is 0.182. The number of hydrogen-bond acceptors (Lipinski definition) is 4. The van der Waals surface area contributed by atoms with Crippen molar-refractivity contribution in [1.82, 2.24) is 0 Å². The van der Waals surface area contributed by atoms with E-state index in [0.29, 0.717) is 5.75 Å². The molecule has 0 saturated carbocycles. The van der Waals surface area contributed by atoms with Crippen molar-refractivity contribution >= 4 is 23.6 Å². The van der Waals surface area contributed by atoms with Crippen LogP contribution in [0.5, 0.6) is 5.75 Å². The molecule has 1 rings (SSSR count). The number of aliphatic imine (C=N–C) groups is 2. The Morgan fingerprint density at radius 2 is 1.89 bits per heavy atom. The van der Waals surface area contributed by atoms with E-state index in [0.717, 1.165) is 0 Å². The van der Waals surface area contributed by atoms with Crippen molar-refractivity contribution in [3.63, 3.8) is 0 Å². The van der Waals surface area contributed by atoms with Gasteiger partial charge in [-0.15, -0.1) is 0 Å². The van der Waals surface area contributed by atoms with Crippen molar-refractivity contribution < 1.29 is 14.3 Å². The van der Waals surface area contributed by atoms with Crippen LogP contribution in [0.1, 0.15) is 10.4 Å². The van der Waals surface area contributed by atoms with Gasteiger partial charge in [0.05, 0.1) is 25.5 Å². The molecule has 8 heteroatoms. The van der Waals surface area contributed by atoms with Crippen molar-refractivity contribution in [1.29, 1.82) is 0 Å². The van der Waals surface area contributed by atoms with Crippen LogP contribution in [0.2, 0.25) is 0 Å². The van der Waals surface area contributed by atoms with Crippen molar-refractivity contribution in [3.05, 3.63) is 23.8 Å². The van der Waals surface area contributed by atoms with E-state index in [1.54, 1.807) is 12.1 Å². The van der Waals surface area contributed by atoms with E-state index >= 15 is 0 Å². The zero-order valence-corrected chi connectivity index (χ0v) is 10.6. The third-order valence-corrected chi connectivity index (χ3v) is 2.09. The van der Waals surface area contributed by atoms with Gasteiger partial charge in [-0.1, -0.05) is 0 Å². The van der Waals surface area contributed by atoms with E-state index in [1.165, 1.54) is 20.3 Å². The Balaban J connectivity index is 3.27. The molecular formula is C11H15N5O3. The minimum absolute atomic E-state index is 0.171. The van der Waals surface area contributed by atoms with Gasteiger partial charge < -0.3 is 26.7 Å². The van der Waals surface area contributed by atoms with Crippen LogP contribution < -0.4 is 21.9 Å². The molecule has 0 heterocycles. The van der Waals surface area contributed by atoms with Gasteiger partial charge in [-0.2, -0.15) is 4.99 Å². The SMILES string of the molecule is COC(=O)c1cc(OC)ccc1N=C(N)N=C(N)N. The molecule has 0 saturated heterocycles. The van der Waals surface area contributed by atoms with Crippen molar-refractivity contribution in [2.24, 2.45) is 27.2 Å². The quantitative estimate of drug-likeness (QED) is 0.389. The summed E-state index contributed by atoms with van der Waals surface area (Å²) < 4.78 is 9.67. The number of nitrogens with two attached hydrogens (primary N) is 3. The largest absolute Gasteiger partial charge is 0.497 e. The van der Waals surface area contributed by atoms with Gasteiger partial charge in [-0.3, -0.25) is 0 Å². The first-order chi connectivity index (χ1) is 8.97. The van der Waals surface area contributed by atoms with Gasteiger partial charge in [0.25, 0.3) is 0 Å². The molecule has 6 N–H and O–H groups in total. The molecule has 1 aromatic carbocycles. The molecule has 0 unspecified atom stereocenters. The van der Waals surface area contributed by atoms with Gasteiger partial charge >= 0.3 is 5.97 Å². The lowest BCUT2D eigenvalue weighted by Crippen LogP contribution is -2.26. The number of rotatable bonds is 3. The van der Waals surface area contributed by atoms with Gasteiger partial charge in [-0.25, -0.2) is 9.79 Å². The maximum atomic E-state index is 11.6. The summed E-state index contributed by atoms with van der Waals surface area (Å²) in [7, 11) is 2.74. The highest BCUT2D eigenvalue weighted by Gasteiger charge is 2.13. The Morgan fingerprint density at radius 1 is 1.21 bits per heavy atom. The lowest BCUT2D eigenvalue weighted by atomic mass is 10.1. The van der Waals surface area contributed by atoms with E-state index in [1.807, 2.05) is 0 Å². The number of carbonyl (C=O) groups is 1. The first-order valence-electron chi connectivity index (χ1n) is 5.18. The molecule has 0 fully saturated rings. The normalized spacial score (nSPS) is 10.7. The third kappa shape index (κ3) is 3.87. The minimum Gasteiger partial charge on any atom is -0.497 e. The van der Waals surface area contributed by atoms with Crippen molar-refractivity contribution in [2.75, 3.05) is 14.2 Å². The highest BCUT2D eigenvalue weighted by Crippen LogP contribution is 2.25. The first-order valence-corrected chi connectivity index (χ1v) is 5.18. The molecule has 102 valence electrons. The van der Waals surface area contributed by atoms with E-state index in [9.17, 15) is 4.79 Å². The van der Waals surface area contributed by atoms with Crippen LogP contribution in [0.15, 0.2) is 28.2 Å². The molecule has 0 aliphatic carbocycles. The number of benzene rings is 1. The summed E-state index contributed by atoms with van der Waals surface area (Å²) in [5, 5.41) is 0. The lowest BCUT2D eigenvalue weighted by molar-refractivity contribution is 0.0601. The summed E-state index contributed by atoms with van der Waals surface area (Å²) in [6, 6.07) is 4.64. The second kappa shape index (κ2) is 6.24. The smallest absolute Gasteiger partial charge is 0.340 e. The number of ether oxygens (including phenoxy) is 2. The molecule has 0 aliphatic heterocycles. The minimum atomic E-state index is -0.574. The average Bonchev–Trinajstić information content (AvgIpc) is 2.37. The van der Waals surface area contributed by atoms with Gasteiger partial charge in [0.2, 0.25) is 5.96 Å². The first kappa shape index (κ1) is 14.3. The molecule has 8 nitrogen and oxygen atoms in total. The summed E-state index contributed by atoms with van der Waals surface area (Å²) in [6.45, 7) is 0. The molecule has 19 heavy (non-hydrogen) atoms. The molecule has 0 spiro atoms. The number of hydrogen-bond donors (Lipinski definition) is 3. The number of carbonyl (C=O) groups excluding carboxylic acids is 1. The van der Waals surface area contributed by atoms with Crippen LogP contribution in [0.3, 0.4) is 0 Å². The summed E-state index contributed by atoms with van der Waals surface area (Å²) in [6.07, 6.45) is 0. The Morgan fingerprint density at radius 3 is 2.42 bits per heavy atom. The average molecular weight is 265 g/mol. The molecule has 0 aliphatic rings. The zero-order valence-electron chi connectivity index (χ0n) is 10.6. The fourth-order valence-corrected chi connectivity index (χ4v) is 1.29. The molecule has 0 atom stereocenters. The number of guanidine groups is 2. The third-order valence-electron chi connectivity index (χ3n) is 2.09. The number of methoxy groups -OCH3 is 2. The highest BCUT2D eigenvalue weighted by atomic mass is 16.5. The van der Waals surface area contributed by atoms with E-state index in [4.69, 9.17) is 21.9 Å². The standard InChI is InChI=1S/C11H15N5O3/c1-18-6-3-4-8(7(5-6)9(17)19-2)15-11(14)16-10(12)13/h3-5H,1-2H3,(H6,12,13,14,15,16). The summed E-state index contributed by atoms with van der Waals surface area (Å²) in [5.74, 6) is -0.486. The van der Waals surface area contributed by atoms with Crippen LogP contribution in [0.4, 0.5) is 5.69 Å². The number of nitrogens with zero attached hydrogens (tertiary/aromatic N) is 2. The van der Waals surface area contributed by atoms with E-state index in [-0.39, 0.29) is 23.2 Å². The maximum absolute atomic E-state index is 11.6. The predicted octanol–water partition coefficient (Wildman–Crippen LogP) is -0.299. The fourth-order valence-electron chi connectivity index (χ4n) is 1.29. The van der Waals surface area contributed by atoms with Crippen LogP contribution in [-0.4, -0.2) is 32.1 Å². The van der Waals surface area contributed by atoms with Gasteiger partial charge in [0.1, 0.15) is 5.75 Å². The van der Waals surface area contributed by atoms with Gasteiger partial charge in [0, 0.05) is 0 Å². The predicted molar refractivity (Wildman–Crippen MR) is 71.4 cm³/mol. The summed E-state index contributed by atoms with van der Waals surface area (Å²) >= 11 is 0. The molecule has 0 aromatic heterocycles. The number of esters is 1. The second-order valence-electron chi connectivity index (χ2n) is 3.38. The van der Waals surface area contributed by atoms with Gasteiger partial charge in [0.15, 0.2) is 5.96 Å². The molecular weight excluding hydrogens is 250 g/mol. The lowest BCUT2D eigenvalue weighted by Gasteiger charge is -2.06.